The maximum Gasteiger partial charge on any atom is 0.0317 e. The molecule has 17 heavy (non-hydrogen) atoms. The summed E-state index contributed by atoms with van der Waals surface area (Å²) in [5, 5.41) is 0. The summed E-state index contributed by atoms with van der Waals surface area (Å²) >= 11 is 0. The zero-order valence-corrected chi connectivity index (χ0v) is 9.85. The largest absolute Gasteiger partial charge is 0.101 e. The van der Waals surface area contributed by atoms with Crippen LogP contribution in [0.1, 0.15) is 23.6 Å². The van der Waals surface area contributed by atoms with Crippen LogP contribution in [-0.2, 0) is 0 Å². The average molecular weight is 218 g/mol. The highest BCUT2D eigenvalue weighted by molar-refractivity contribution is 5.72. The highest BCUT2D eigenvalue weighted by Gasteiger charge is 1.93. The molecule has 0 unspecified atom stereocenters. The molecule has 2 aromatic rings. The summed E-state index contributed by atoms with van der Waals surface area (Å²) in [6.07, 6.45) is 4.21. The predicted molar refractivity (Wildman–Crippen MR) is 74.4 cm³/mol. The Kier molecular flexibility index (Phi) is 3.78. The first-order chi connectivity index (χ1) is 8.40. The highest BCUT2D eigenvalue weighted by atomic mass is 14.0. The van der Waals surface area contributed by atoms with E-state index in [1.807, 2.05) is 43.3 Å². The second-order valence-electron chi connectivity index (χ2n) is 3.71. The summed E-state index contributed by atoms with van der Waals surface area (Å²) in [5.41, 5.74) is 3.43. The molecule has 0 spiro atoms. The van der Waals surface area contributed by atoms with Crippen LogP contribution in [0.4, 0.5) is 0 Å². The van der Waals surface area contributed by atoms with Crippen LogP contribution < -0.4 is 0 Å². The van der Waals surface area contributed by atoms with Crippen molar-refractivity contribution in [2.45, 2.75) is 6.92 Å². The first kappa shape index (κ1) is 11.2. The summed E-state index contributed by atoms with van der Waals surface area (Å²) in [6.45, 7) is 1.86. The Labute approximate surface area is 103 Å². The van der Waals surface area contributed by atoms with Gasteiger partial charge in [0.15, 0.2) is 0 Å². The zero-order chi connectivity index (χ0) is 11.9. The quantitative estimate of drug-likeness (QED) is 0.522. The van der Waals surface area contributed by atoms with Crippen molar-refractivity contribution in [2.24, 2.45) is 0 Å². The third-order valence-corrected chi connectivity index (χ3v) is 2.48. The second-order valence-corrected chi connectivity index (χ2v) is 3.71. The van der Waals surface area contributed by atoms with Gasteiger partial charge in [-0.25, -0.2) is 0 Å². The fourth-order valence-corrected chi connectivity index (χ4v) is 1.64. The lowest BCUT2D eigenvalue weighted by atomic mass is 10.1. The molecule has 0 aliphatic carbocycles. The van der Waals surface area contributed by atoms with Crippen LogP contribution in [0.3, 0.4) is 0 Å². The van der Waals surface area contributed by atoms with E-state index in [0.29, 0.717) is 0 Å². The van der Waals surface area contributed by atoms with Gasteiger partial charge < -0.3 is 0 Å². The number of benzene rings is 2. The number of rotatable bonds is 2. The summed E-state index contributed by atoms with van der Waals surface area (Å²) in [5.74, 6) is 6.05. The van der Waals surface area contributed by atoms with Gasteiger partial charge in [0.2, 0.25) is 0 Å². The molecule has 0 saturated heterocycles. The van der Waals surface area contributed by atoms with Crippen LogP contribution in [0, 0.1) is 11.8 Å². The molecule has 0 fully saturated rings. The smallest absolute Gasteiger partial charge is 0.0317 e. The van der Waals surface area contributed by atoms with Gasteiger partial charge in [-0.05, 0) is 24.1 Å². The van der Waals surface area contributed by atoms with Crippen LogP contribution in [-0.4, -0.2) is 0 Å². The maximum absolute atomic E-state index is 3.11. The SMILES string of the molecule is CC#Cc1ccccc1/C=C/c1ccccc1. The molecule has 0 aromatic heterocycles. The van der Waals surface area contributed by atoms with Crippen LogP contribution in [0.15, 0.2) is 54.6 Å². The topological polar surface area (TPSA) is 0 Å². The van der Waals surface area contributed by atoms with Crippen molar-refractivity contribution in [1.29, 1.82) is 0 Å². The molecule has 0 amide bonds. The van der Waals surface area contributed by atoms with E-state index in [0.717, 1.165) is 11.1 Å². The zero-order valence-electron chi connectivity index (χ0n) is 9.85. The summed E-state index contributed by atoms with van der Waals surface area (Å²) in [4.78, 5) is 0. The summed E-state index contributed by atoms with van der Waals surface area (Å²) in [6, 6.07) is 18.4. The Morgan fingerprint density at radius 3 is 2.29 bits per heavy atom. The molecule has 0 saturated carbocycles. The van der Waals surface area contributed by atoms with E-state index < -0.39 is 0 Å². The molecule has 0 heteroatoms. The molecular formula is C17H14. The first-order valence-electron chi connectivity index (χ1n) is 5.65. The van der Waals surface area contributed by atoms with Gasteiger partial charge in [-0.3, -0.25) is 0 Å². The molecule has 0 heterocycles. The number of hydrogen-bond acceptors (Lipinski definition) is 0. The normalized spacial score (nSPS) is 9.94. The Balaban J connectivity index is 2.29. The Morgan fingerprint density at radius 2 is 1.53 bits per heavy atom. The van der Waals surface area contributed by atoms with Crippen molar-refractivity contribution < 1.29 is 0 Å². The van der Waals surface area contributed by atoms with Gasteiger partial charge in [0.25, 0.3) is 0 Å². The van der Waals surface area contributed by atoms with E-state index in [1.165, 1.54) is 5.56 Å². The van der Waals surface area contributed by atoms with Gasteiger partial charge in [-0.1, -0.05) is 66.6 Å². The Bertz CT molecular complexity index is 566. The van der Waals surface area contributed by atoms with Crippen LogP contribution in [0.5, 0.6) is 0 Å². The molecule has 0 aliphatic heterocycles. The van der Waals surface area contributed by atoms with Gasteiger partial charge >= 0.3 is 0 Å². The molecule has 0 atom stereocenters. The number of hydrogen-bond donors (Lipinski definition) is 0. The lowest BCUT2D eigenvalue weighted by Crippen LogP contribution is -1.80. The molecule has 2 rings (SSSR count). The predicted octanol–water partition coefficient (Wildman–Crippen LogP) is 4.23. The van der Waals surface area contributed by atoms with E-state index in [9.17, 15) is 0 Å². The van der Waals surface area contributed by atoms with E-state index in [2.05, 4.69) is 42.2 Å². The highest BCUT2D eigenvalue weighted by Crippen LogP contribution is 2.12. The fourth-order valence-electron chi connectivity index (χ4n) is 1.64. The summed E-state index contributed by atoms with van der Waals surface area (Å²) < 4.78 is 0. The standard InChI is InChI=1S/C17H14/c1-2-8-16-11-6-7-12-17(16)14-13-15-9-4-3-5-10-15/h3-7,9-14H,1H3/b14-13+. The minimum atomic E-state index is 1.07. The van der Waals surface area contributed by atoms with E-state index >= 15 is 0 Å². The van der Waals surface area contributed by atoms with Crippen molar-refractivity contribution in [3.63, 3.8) is 0 Å². The molecule has 0 N–H and O–H groups in total. The molecule has 0 radical (unpaired) electrons. The summed E-state index contributed by atoms with van der Waals surface area (Å²) in [7, 11) is 0. The maximum atomic E-state index is 3.11. The lowest BCUT2D eigenvalue weighted by Gasteiger charge is -1.98. The molecule has 0 bridgehead atoms. The third-order valence-electron chi connectivity index (χ3n) is 2.48. The van der Waals surface area contributed by atoms with Crippen molar-refractivity contribution in [3.8, 4) is 11.8 Å². The van der Waals surface area contributed by atoms with Crippen molar-refractivity contribution in [1.82, 2.24) is 0 Å². The first-order valence-corrected chi connectivity index (χ1v) is 5.65. The van der Waals surface area contributed by atoms with E-state index in [1.54, 1.807) is 0 Å². The Morgan fingerprint density at radius 1 is 0.824 bits per heavy atom. The van der Waals surface area contributed by atoms with Gasteiger partial charge in [-0.2, -0.15) is 0 Å². The molecular weight excluding hydrogens is 204 g/mol. The Hall–Kier alpha value is -2.26. The second kappa shape index (κ2) is 5.72. The molecule has 0 aliphatic rings. The lowest BCUT2D eigenvalue weighted by molar-refractivity contribution is 1.59. The minimum Gasteiger partial charge on any atom is -0.101 e. The molecule has 2 aromatic carbocycles. The van der Waals surface area contributed by atoms with Gasteiger partial charge in [0.05, 0.1) is 0 Å². The molecule has 0 nitrogen and oxygen atoms in total. The van der Waals surface area contributed by atoms with E-state index in [-0.39, 0.29) is 0 Å². The van der Waals surface area contributed by atoms with E-state index in [4.69, 9.17) is 0 Å². The van der Waals surface area contributed by atoms with Crippen LogP contribution in [0.25, 0.3) is 12.2 Å². The van der Waals surface area contributed by atoms with Crippen molar-refractivity contribution in [2.75, 3.05) is 0 Å². The van der Waals surface area contributed by atoms with Crippen LogP contribution in [0.2, 0.25) is 0 Å². The van der Waals surface area contributed by atoms with Crippen LogP contribution >= 0.6 is 0 Å². The van der Waals surface area contributed by atoms with Gasteiger partial charge in [-0.15, -0.1) is 5.92 Å². The van der Waals surface area contributed by atoms with Gasteiger partial charge in [0, 0.05) is 5.56 Å². The van der Waals surface area contributed by atoms with Gasteiger partial charge in [0.1, 0.15) is 0 Å². The third kappa shape index (κ3) is 3.09. The molecule has 82 valence electrons. The minimum absolute atomic E-state index is 1.07. The van der Waals surface area contributed by atoms with Crippen molar-refractivity contribution >= 4 is 12.2 Å². The monoisotopic (exact) mass is 218 g/mol. The van der Waals surface area contributed by atoms with Crippen molar-refractivity contribution in [3.05, 3.63) is 71.3 Å². The fraction of sp³-hybridized carbons (Fsp3) is 0.0588. The average Bonchev–Trinajstić information content (AvgIpc) is 2.39.